The molecule has 2 aromatic heterocycles. The molecular formula is C27H33F2N5O. The van der Waals surface area contributed by atoms with Crippen LogP contribution in [0.2, 0.25) is 0 Å². The third-order valence-corrected chi connectivity index (χ3v) is 4.76. The summed E-state index contributed by atoms with van der Waals surface area (Å²) in [5, 5.41) is 7.80. The second-order valence-corrected chi connectivity index (χ2v) is 7.53. The molecule has 3 rings (SSSR count). The summed E-state index contributed by atoms with van der Waals surface area (Å²) in [6.45, 7) is 9.73. The van der Waals surface area contributed by atoms with Gasteiger partial charge in [-0.15, -0.1) is 23.0 Å². The molecule has 0 amide bonds. The predicted octanol–water partition coefficient (Wildman–Crippen LogP) is 6.11. The molecule has 35 heavy (non-hydrogen) atoms. The Morgan fingerprint density at radius 1 is 1.03 bits per heavy atom. The Labute approximate surface area is 206 Å². The van der Waals surface area contributed by atoms with E-state index >= 15 is 0 Å². The maximum Gasteiger partial charge on any atom is 0.266 e. The van der Waals surface area contributed by atoms with Crippen molar-refractivity contribution in [1.29, 1.82) is 0 Å². The van der Waals surface area contributed by atoms with Crippen molar-refractivity contribution in [2.24, 2.45) is 11.5 Å². The molecule has 3 aromatic rings. The smallest absolute Gasteiger partial charge is 0.266 e. The van der Waals surface area contributed by atoms with Crippen LogP contribution in [0.15, 0.2) is 58.2 Å². The molecule has 0 radical (unpaired) electrons. The summed E-state index contributed by atoms with van der Waals surface area (Å²) < 4.78 is 33.5. The van der Waals surface area contributed by atoms with Crippen molar-refractivity contribution in [3.8, 4) is 24.4 Å². The van der Waals surface area contributed by atoms with E-state index in [1.807, 2.05) is 26.0 Å². The number of nitrogens with zero attached hydrogens (tertiary/aromatic N) is 3. The Bertz CT molecular complexity index is 1160. The molecule has 6 nitrogen and oxygen atoms in total. The van der Waals surface area contributed by atoms with E-state index in [-0.39, 0.29) is 17.2 Å². The summed E-state index contributed by atoms with van der Waals surface area (Å²) in [4.78, 5) is 4.58. The minimum atomic E-state index is -0.727. The molecule has 0 saturated heterocycles. The van der Waals surface area contributed by atoms with Gasteiger partial charge < -0.3 is 15.9 Å². The van der Waals surface area contributed by atoms with E-state index in [0.717, 1.165) is 12.1 Å². The maximum absolute atomic E-state index is 14.0. The first-order valence-electron chi connectivity index (χ1n) is 11.2. The van der Waals surface area contributed by atoms with Crippen LogP contribution in [0.1, 0.15) is 63.6 Å². The highest BCUT2D eigenvalue weighted by molar-refractivity contribution is 5.66. The van der Waals surface area contributed by atoms with E-state index in [1.165, 1.54) is 18.6 Å². The fourth-order valence-corrected chi connectivity index (χ4v) is 3.07. The van der Waals surface area contributed by atoms with Crippen LogP contribution in [0.25, 0.3) is 17.3 Å². The molecule has 1 unspecified atom stereocenters. The van der Waals surface area contributed by atoms with E-state index in [2.05, 4.69) is 41.9 Å². The Kier molecular flexibility index (Phi) is 11.9. The van der Waals surface area contributed by atoms with Crippen LogP contribution in [0.5, 0.6) is 0 Å². The molecule has 1 aromatic carbocycles. The van der Waals surface area contributed by atoms with Crippen molar-refractivity contribution in [3.63, 3.8) is 0 Å². The summed E-state index contributed by atoms with van der Waals surface area (Å²) in [6.07, 6.45) is 11.3. The Balaban J connectivity index is 0.00000114. The standard InChI is InChI=1S/C22H23F2N5O.C3H8.C2H2/c1-4-14(11-17(25)20-15(23)7-5-8-16(20)24)21(26)12(2)18-9-6-10-19(27-18)22-29-28-13(3)30-22;1-3-2;1-2/h5-12H,4,25-26H2,1-3H3;3H2,1-2H3;1-2H/b17-11-,21-14-;;. The lowest BCUT2D eigenvalue weighted by Crippen LogP contribution is -2.13. The second kappa shape index (κ2) is 14.3. The molecule has 4 N–H and O–H groups in total. The Hall–Kier alpha value is -3.99. The molecule has 186 valence electrons. The topological polar surface area (TPSA) is 104 Å². The zero-order chi connectivity index (χ0) is 26.5. The van der Waals surface area contributed by atoms with E-state index in [4.69, 9.17) is 15.9 Å². The normalized spacial score (nSPS) is 12.4. The number of terminal acetylenes is 1. The highest BCUT2D eigenvalue weighted by Gasteiger charge is 2.17. The number of rotatable bonds is 6. The molecule has 0 saturated carbocycles. The van der Waals surface area contributed by atoms with Gasteiger partial charge >= 0.3 is 0 Å². The number of allylic oxidation sites excluding steroid dienone is 3. The first-order chi connectivity index (χ1) is 16.7. The van der Waals surface area contributed by atoms with Crippen molar-refractivity contribution in [2.45, 2.75) is 53.4 Å². The van der Waals surface area contributed by atoms with Gasteiger partial charge in [0.25, 0.3) is 5.89 Å². The van der Waals surface area contributed by atoms with Crippen LogP contribution < -0.4 is 11.5 Å². The first-order valence-corrected chi connectivity index (χ1v) is 11.2. The van der Waals surface area contributed by atoms with Gasteiger partial charge in [-0.25, -0.2) is 13.8 Å². The number of nitrogens with two attached hydrogens (primary N) is 2. The summed E-state index contributed by atoms with van der Waals surface area (Å²) in [5.41, 5.74) is 14.5. The summed E-state index contributed by atoms with van der Waals surface area (Å²) in [5.74, 6) is -0.971. The quantitative estimate of drug-likeness (QED) is 0.325. The SMILES string of the molecule is C#C.CCC.CCC(/C=C(\N)c1c(F)cccc1F)=C(/N)C(C)c1cccc(-c2nnc(C)o2)n1. The minimum absolute atomic E-state index is 0.0272. The van der Waals surface area contributed by atoms with Crippen LogP contribution >= 0.6 is 0 Å². The van der Waals surface area contributed by atoms with E-state index < -0.39 is 11.6 Å². The van der Waals surface area contributed by atoms with Gasteiger partial charge in [0.2, 0.25) is 5.89 Å². The zero-order valence-corrected chi connectivity index (χ0v) is 20.8. The molecule has 0 aliphatic heterocycles. The average molecular weight is 482 g/mol. The van der Waals surface area contributed by atoms with Gasteiger partial charge in [0.05, 0.1) is 5.56 Å². The number of benzene rings is 1. The van der Waals surface area contributed by atoms with Crippen molar-refractivity contribution < 1.29 is 13.2 Å². The number of hydrogen-bond donors (Lipinski definition) is 2. The van der Waals surface area contributed by atoms with Gasteiger partial charge in [0, 0.05) is 29.9 Å². The number of aryl methyl sites for hydroxylation is 1. The Morgan fingerprint density at radius 3 is 2.11 bits per heavy atom. The third-order valence-electron chi connectivity index (χ3n) is 4.76. The number of pyridine rings is 1. The molecule has 1 atom stereocenters. The monoisotopic (exact) mass is 481 g/mol. The predicted molar refractivity (Wildman–Crippen MR) is 137 cm³/mol. The van der Waals surface area contributed by atoms with E-state index in [0.29, 0.717) is 40.9 Å². The molecule has 0 spiro atoms. The van der Waals surface area contributed by atoms with Crippen molar-refractivity contribution in [2.75, 3.05) is 0 Å². The van der Waals surface area contributed by atoms with Crippen LogP contribution in [0.3, 0.4) is 0 Å². The van der Waals surface area contributed by atoms with Gasteiger partial charge in [-0.2, -0.15) is 0 Å². The van der Waals surface area contributed by atoms with Crippen molar-refractivity contribution >= 4 is 5.70 Å². The lowest BCUT2D eigenvalue weighted by Gasteiger charge is -2.16. The lowest BCUT2D eigenvalue weighted by molar-refractivity contribution is 0.530. The molecule has 8 heteroatoms. The van der Waals surface area contributed by atoms with Gasteiger partial charge in [-0.3, -0.25) is 0 Å². The highest BCUT2D eigenvalue weighted by atomic mass is 19.1. The van der Waals surface area contributed by atoms with Crippen molar-refractivity contribution in [3.05, 3.63) is 82.5 Å². The van der Waals surface area contributed by atoms with Crippen LogP contribution in [-0.4, -0.2) is 15.2 Å². The summed E-state index contributed by atoms with van der Waals surface area (Å²) in [6, 6.07) is 9.04. The Morgan fingerprint density at radius 2 is 1.60 bits per heavy atom. The van der Waals surface area contributed by atoms with Crippen LogP contribution in [-0.2, 0) is 0 Å². The van der Waals surface area contributed by atoms with Gasteiger partial charge in [0.15, 0.2) is 0 Å². The molecule has 0 aliphatic carbocycles. The van der Waals surface area contributed by atoms with Gasteiger partial charge in [0.1, 0.15) is 17.3 Å². The number of aromatic nitrogens is 3. The van der Waals surface area contributed by atoms with Gasteiger partial charge in [-0.05, 0) is 42.3 Å². The number of hydrogen-bond acceptors (Lipinski definition) is 6. The number of halogens is 2. The lowest BCUT2D eigenvalue weighted by atomic mass is 9.96. The molecule has 0 aliphatic rings. The fraction of sp³-hybridized carbons (Fsp3) is 0.296. The third kappa shape index (κ3) is 7.78. The molecule has 0 fully saturated rings. The van der Waals surface area contributed by atoms with Gasteiger partial charge in [-0.1, -0.05) is 46.2 Å². The highest BCUT2D eigenvalue weighted by Crippen LogP contribution is 2.27. The van der Waals surface area contributed by atoms with Crippen molar-refractivity contribution in [1.82, 2.24) is 15.2 Å². The zero-order valence-electron chi connectivity index (χ0n) is 20.8. The second-order valence-electron chi connectivity index (χ2n) is 7.53. The molecular weight excluding hydrogens is 448 g/mol. The largest absolute Gasteiger partial charge is 0.420 e. The minimum Gasteiger partial charge on any atom is -0.420 e. The molecule has 0 bridgehead atoms. The fourth-order valence-electron chi connectivity index (χ4n) is 3.07. The molecule has 2 heterocycles. The summed E-state index contributed by atoms with van der Waals surface area (Å²) >= 11 is 0. The van der Waals surface area contributed by atoms with Crippen LogP contribution in [0.4, 0.5) is 8.78 Å². The average Bonchev–Trinajstić information content (AvgIpc) is 3.29. The summed E-state index contributed by atoms with van der Waals surface area (Å²) in [7, 11) is 0. The van der Waals surface area contributed by atoms with E-state index in [9.17, 15) is 8.78 Å². The first kappa shape index (κ1) is 29.0. The van der Waals surface area contributed by atoms with E-state index in [1.54, 1.807) is 13.0 Å². The van der Waals surface area contributed by atoms with Crippen LogP contribution in [0, 0.1) is 31.4 Å². The maximum atomic E-state index is 14.0.